The summed E-state index contributed by atoms with van der Waals surface area (Å²) in [6.45, 7) is 0.168. The highest BCUT2D eigenvalue weighted by atomic mass is 19.3. The van der Waals surface area contributed by atoms with E-state index in [0.29, 0.717) is 47.6 Å². The van der Waals surface area contributed by atoms with Crippen molar-refractivity contribution in [2.45, 2.75) is 38.6 Å². The number of aromatic nitrogens is 4. The van der Waals surface area contributed by atoms with Crippen LogP contribution in [0.1, 0.15) is 18.9 Å². The highest BCUT2D eigenvalue weighted by Crippen LogP contribution is 2.27. The topological polar surface area (TPSA) is 132 Å². The van der Waals surface area contributed by atoms with Crippen molar-refractivity contribution in [3.8, 4) is 16.9 Å². The second-order valence-electron chi connectivity index (χ2n) is 10.5. The Balaban J connectivity index is 1.34. The summed E-state index contributed by atoms with van der Waals surface area (Å²) < 4.78 is 38.3. The smallest absolute Gasteiger partial charge is 0.387 e. The zero-order valence-electron chi connectivity index (χ0n) is 24.4. The zero-order valence-corrected chi connectivity index (χ0v) is 24.4. The number of carbonyl (C=O) groups is 2. The first-order valence-electron chi connectivity index (χ1n) is 13.9. The van der Waals surface area contributed by atoms with Crippen LogP contribution >= 0.6 is 0 Å². The molecule has 2 atom stereocenters. The molecule has 1 amide bonds. The number of aliphatic hydroxyl groups is 1. The third-order valence-corrected chi connectivity index (χ3v) is 7.71. The molecule has 0 radical (unpaired) electrons. The highest BCUT2D eigenvalue weighted by molar-refractivity contribution is 5.86. The Kier molecular flexibility index (Phi) is 8.90. The zero-order chi connectivity index (χ0) is 31.5. The standard InChI is InChI=1S/C30H32F2N6O6/c1-18-16-36(10-11-37(18)28(42)24(39)13-26(40)43-3)30-33-14-21(15-34-30)19-8-9-22-23(12-19)38(35(2)27(22)41)17-20-6-4-5-7-25(20)44-29(31)32/h4-9,12,14-15,18,24,29,39H,10-11,13,16-17H2,1-3H3/t18-,24-/m1/s1. The molecule has 0 saturated carbocycles. The van der Waals surface area contributed by atoms with Crippen LogP contribution in [0, 0.1) is 0 Å². The van der Waals surface area contributed by atoms with Gasteiger partial charge < -0.3 is 24.4 Å². The molecule has 2 aromatic heterocycles. The van der Waals surface area contributed by atoms with Gasteiger partial charge in [0, 0.05) is 56.2 Å². The molecule has 0 spiro atoms. The molecule has 4 aromatic rings. The van der Waals surface area contributed by atoms with Crippen LogP contribution in [0.4, 0.5) is 14.7 Å². The fourth-order valence-electron chi connectivity index (χ4n) is 5.37. The first kappa shape index (κ1) is 30.6. The van der Waals surface area contributed by atoms with Crippen molar-refractivity contribution in [2.24, 2.45) is 7.05 Å². The summed E-state index contributed by atoms with van der Waals surface area (Å²) in [7, 11) is 2.81. The number of nitrogens with zero attached hydrogens (tertiary/aromatic N) is 6. The second-order valence-corrected chi connectivity index (χ2v) is 10.5. The SMILES string of the molecule is COC(=O)C[C@@H](O)C(=O)N1CCN(c2ncc(-c3ccc4c(=O)n(C)n(Cc5ccccc5OC(F)F)c4c3)cn2)C[C@H]1C. The molecule has 1 fully saturated rings. The van der Waals surface area contributed by atoms with Crippen molar-refractivity contribution in [3.63, 3.8) is 0 Å². The average Bonchev–Trinajstić information content (AvgIpc) is 3.25. The first-order valence-corrected chi connectivity index (χ1v) is 13.9. The molecule has 0 bridgehead atoms. The van der Waals surface area contributed by atoms with Crippen molar-refractivity contribution in [1.82, 2.24) is 24.2 Å². The number of amides is 1. The molecule has 1 saturated heterocycles. The number of para-hydroxylation sites is 1. The number of aliphatic hydroxyl groups excluding tert-OH is 1. The van der Waals surface area contributed by atoms with Crippen LogP contribution in [0.5, 0.6) is 5.75 Å². The maximum atomic E-state index is 13.0. The summed E-state index contributed by atoms with van der Waals surface area (Å²) >= 11 is 0. The van der Waals surface area contributed by atoms with E-state index in [0.717, 1.165) is 5.56 Å². The number of anilines is 1. The van der Waals surface area contributed by atoms with E-state index in [2.05, 4.69) is 19.4 Å². The van der Waals surface area contributed by atoms with Crippen LogP contribution < -0.4 is 15.2 Å². The number of esters is 1. The molecule has 12 nitrogen and oxygen atoms in total. The Morgan fingerprint density at radius 3 is 2.50 bits per heavy atom. The van der Waals surface area contributed by atoms with E-state index in [1.54, 1.807) is 54.5 Å². The molecular weight excluding hydrogens is 578 g/mol. The molecule has 3 heterocycles. The minimum atomic E-state index is -2.98. The van der Waals surface area contributed by atoms with E-state index in [-0.39, 0.29) is 23.9 Å². The van der Waals surface area contributed by atoms with Gasteiger partial charge in [-0.25, -0.2) is 9.97 Å². The molecule has 0 unspecified atom stereocenters. The maximum absolute atomic E-state index is 13.0. The number of carbonyl (C=O) groups excluding carboxylic acids is 2. The summed E-state index contributed by atoms with van der Waals surface area (Å²) in [5.74, 6) is -0.686. The second kappa shape index (κ2) is 12.8. The predicted molar refractivity (Wildman–Crippen MR) is 156 cm³/mol. The van der Waals surface area contributed by atoms with Gasteiger partial charge in [-0.2, -0.15) is 8.78 Å². The fourth-order valence-corrected chi connectivity index (χ4v) is 5.37. The Morgan fingerprint density at radius 2 is 1.82 bits per heavy atom. The number of fused-ring (bicyclic) bond motifs is 1. The molecule has 2 aromatic carbocycles. The Morgan fingerprint density at radius 1 is 1.09 bits per heavy atom. The summed E-state index contributed by atoms with van der Waals surface area (Å²) in [5.41, 5.74) is 2.33. The van der Waals surface area contributed by atoms with Gasteiger partial charge in [-0.3, -0.25) is 23.7 Å². The number of rotatable bonds is 9. The number of ether oxygens (including phenoxy) is 2. The van der Waals surface area contributed by atoms with Gasteiger partial charge >= 0.3 is 12.6 Å². The number of piperazine rings is 1. The Hall–Kier alpha value is -4.85. The van der Waals surface area contributed by atoms with Gasteiger partial charge in [0.2, 0.25) is 5.95 Å². The number of hydrogen-bond acceptors (Lipinski definition) is 9. The summed E-state index contributed by atoms with van der Waals surface area (Å²) in [6, 6.07) is 11.5. The molecule has 1 aliphatic rings. The average molecular weight is 611 g/mol. The van der Waals surface area contributed by atoms with Crippen molar-refractivity contribution >= 4 is 28.7 Å². The number of hydrogen-bond donors (Lipinski definition) is 1. The molecule has 1 N–H and O–H groups in total. The molecule has 1 aliphatic heterocycles. The van der Waals surface area contributed by atoms with Gasteiger partial charge in [0.25, 0.3) is 11.5 Å². The van der Waals surface area contributed by atoms with Crippen LogP contribution in [-0.4, -0.2) is 86.7 Å². The van der Waals surface area contributed by atoms with Gasteiger partial charge in [-0.1, -0.05) is 24.3 Å². The number of alkyl halides is 2. The van der Waals surface area contributed by atoms with E-state index in [4.69, 9.17) is 0 Å². The lowest BCUT2D eigenvalue weighted by Gasteiger charge is -2.40. The largest absolute Gasteiger partial charge is 0.469 e. The van der Waals surface area contributed by atoms with Gasteiger partial charge in [0.1, 0.15) is 11.9 Å². The van der Waals surface area contributed by atoms with Crippen LogP contribution in [0.25, 0.3) is 22.0 Å². The summed E-state index contributed by atoms with van der Waals surface area (Å²) in [6.07, 6.45) is 1.47. The van der Waals surface area contributed by atoms with Crippen LogP contribution in [0.2, 0.25) is 0 Å². The molecule has 5 rings (SSSR count). The molecule has 232 valence electrons. The van der Waals surface area contributed by atoms with Crippen LogP contribution in [-0.2, 0) is 27.9 Å². The lowest BCUT2D eigenvalue weighted by Crippen LogP contribution is -2.56. The predicted octanol–water partition coefficient (Wildman–Crippen LogP) is 2.41. The Bertz CT molecular complexity index is 1720. The minimum absolute atomic E-state index is 0.0360. The lowest BCUT2D eigenvalue weighted by molar-refractivity contribution is -0.151. The molecule has 0 aliphatic carbocycles. The van der Waals surface area contributed by atoms with E-state index < -0.39 is 31.0 Å². The van der Waals surface area contributed by atoms with E-state index in [1.165, 1.54) is 22.8 Å². The van der Waals surface area contributed by atoms with Crippen molar-refractivity contribution < 1.29 is 33.0 Å². The fraction of sp³-hybridized carbons (Fsp3) is 0.367. The number of halogens is 2. The van der Waals surface area contributed by atoms with Crippen LogP contribution in [0.15, 0.2) is 59.7 Å². The van der Waals surface area contributed by atoms with Gasteiger partial charge in [0.05, 0.1) is 31.0 Å². The van der Waals surface area contributed by atoms with Crippen LogP contribution in [0.3, 0.4) is 0 Å². The van der Waals surface area contributed by atoms with Gasteiger partial charge in [-0.05, 0) is 30.7 Å². The minimum Gasteiger partial charge on any atom is -0.469 e. The molecule has 14 heteroatoms. The lowest BCUT2D eigenvalue weighted by atomic mass is 10.1. The number of methoxy groups -OCH3 is 1. The van der Waals surface area contributed by atoms with Crippen molar-refractivity contribution in [1.29, 1.82) is 0 Å². The van der Waals surface area contributed by atoms with Crippen molar-refractivity contribution in [2.75, 3.05) is 31.6 Å². The van der Waals surface area contributed by atoms with Gasteiger partial charge in [0.15, 0.2) is 0 Å². The molecular formula is C30H32F2N6O6. The molecule has 44 heavy (non-hydrogen) atoms. The van der Waals surface area contributed by atoms with E-state index >= 15 is 0 Å². The quantitative estimate of drug-likeness (QED) is 0.284. The normalized spacial score (nSPS) is 15.9. The number of benzene rings is 2. The summed E-state index contributed by atoms with van der Waals surface area (Å²) in [4.78, 5) is 49.6. The monoisotopic (exact) mass is 610 g/mol. The van der Waals surface area contributed by atoms with E-state index in [1.807, 2.05) is 17.9 Å². The van der Waals surface area contributed by atoms with Gasteiger partial charge in [-0.15, -0.1) is 0 Å². The maximum Gasteiger partial charge on any atom is 0.387 e. The highest BCUT2D eigenvalue weighted by Gasteiger charge is 2.33. The van der Waals surface area contributed by atoms with Crippen molar-refractivity contribution in [3.05, 3.63) is 70.8 Å². The Labute approximate surface area is 251 Å². The first-order chi connectivity index (χ1) is 21.1. The summed E-state index contributed by atoms with van der Waals surface area (Å²) in [5, 5.41) is 10.6. The third kappa shape index (κ3) is 6.25. The third-order valence-electron chi connectivity index (χ3n) is 7.71. The van der Waals surface area contributed by atoms with E-state index in [9.17, 15) is 28.3 Å².